The van der Waals surface area contributed by atoms with Gasteiger partial charge in [-0.2, -0.15) is 0 Å². The highest BCUT2D eigenvalue weighted by Gasteiger charge is 2.14. The Labute approximate surface area is 182 Å². The van der Waals surface area contributed by atoms with E-state index in [-0.39, 0.29) is 37.5 Å². The van der Waals surface area contributed by atoms with Crippen LogP contribution in [0.3, 0.4) is 0 Å². The van der Waals surface area contributed by atoms with Gasteiger partial charge < -0.3 is 35.2 Å². The number of hydrogen-bond donors (Lipinski definition) is 4. The molecule has 0 unspecified atom stereocenters. The third kappa shape index (κ3) is 5.17. The van der Waals surface area contributed by atoms with Crippen molar-refractivity contribution in [3.05, 3.63) is 72.2 Å². The molecule has 2 aromatic carbocycles. The van der Waals surface area contributed by atoms with Crippen molar-refractivity contribution in [1.29, 1.82) is 0 Å². The molecule has 0 radical (unpaired) electrons. The topological polar surface area (TPSA) is 131 Å². The summed E-state index contributed by atoms with van der Waals surface area (Å²) in [5, 5.41) is 10.7. The lowest BCUT2D eigenvalue weighted by Crippen LogP contribution is -2.34. The number of carbonyl (C=O) groups excluding carboxylic acids is 3. The van der Waals surface area contributed by atoms with Crippen molar-refractivity contribution in [2.24, 2.45) is 0 Å². The van der Waals surface area contributed by atoms with Crippen molar-refractivity contribution >= 4 is 29.2 Å². The zero-order valence-electron chi connectivity index (χ0n) is 16.8. The molecule has 0 atom stereocenters. The van der Waals surface area contributed by atoms with Gasteiger partial charge in [-0.25, -0.2) is 4.79 Å². The van der Waals surface area contributed by atoms with E-state index in [2.05, 4.69) is 21.3 Å². The minimum absolute atomic E-state index is 0.157. The number of benzene rings is 2. The van der Waals surface area contributed by atoms with Crippen LogP contribution in [0.4, 0.5) is 16.2 Å². The average Bonchev–Trinajstić information content (AvgIpc) is 3.48. The summed E-state index contributed by atoms with van der Waals surface area (Å²) in [4.78, 5) is 36.2. The average molecular weight is 436 g/mol. The fourth-order valence-electron chi connectivity index (χ4n) is 2.92. The Morgan fingerprint density at radius 1 is 0.781 bits per heavy atom. The van der Waals surface area contributed by atoms with E-state index in [9.17, 15) is 14.4 Å². The van der Waals surface area contributed by atoms with E-state index in [0.29, 0.717) is 28.4 Å². The lowest BCUT2D eigenvalue weighted by Gasteiger charge is -2.09. The number of urea groups is 1. The SMILES string of the molecule is O=C(Nc1ccc(C(=O)NCCNC(=O)c2ccco2)cc1)Nc1ccc2c(c1)OCO2. The number of nitrogens with one attached hydrogen (secondary N) is 4. The number of rotatable bonds is 7. The Morgan fingerprint density at radius 3 is 2.22 bits per heavy atom. The summed E-state index contributed by atoms with van der Waals surface area (Å²) >= 11 is 0. The molecule has 1 aromatic heterocycles. The van der Waals surface area contributed by atoms with Gasteiger partial charge in [-0.15, -0.1) is 0 Å². The summed E-state index contributed by atoms with van der Waals surface area (Å²) in [6, 6.07) is 14.3. The van der Waals surface area contributed by atoms with Crippen LogP contribution < -0.4 is 30.7 Å². The maximum atomic E-state index is 12.2. The van der Waals surface area contributed by atoms with Crippen molar-refractivity contribution in [3.8, 4) is 11.5 Å². The molecule has 0 bridgehead atoms. The Hall–Kier alpha value is -4.47. The van der Waals surface area contributed by atoms with Gasteiger partial charge in [-0.1, -0.05) is 0 Å². The minimum Gasteiger partial charge on any atom is -0.459 e. The fraction of sp³-hybridized carbons (Fsp3) is 0.136. The molecular formula is C22H20N4O6. The summed E-state index contributed by atoms with van der Waals surface area (Å²) in [5.41, 5.74) is 1.50. The normalized spacial score (nSPS) is 11.5. The first-order valence-electron chi connectivity index (χ1n) is 9.76. The second-order valence-electron chi connectivity index (χ2n) is 6.71. The van der Waals surface area contributed by atoms with E-state index >= 15 is 0 Å². The maximum Gasteiger partial charge on any atom is 0.323 e. The first kappa shape index (κ1) is 20.8. The van der Waals surface area contributed by atoms with Gasteiger partial charge in [0.25, 0.3) is 11.8 Å². The van der Waals surface area contributed by atoms with Crippen molar-refractivity contribution in [1.82, 2.24) is 10.6 Å². The lowest BCUT2D eigenvalue weighted by molar-refractivity contribution is 0.0910. The second-order valence-corrected chi connectivity index (χ2v) is 6.71. The molecule has 0 fully saturated rings. The van der Waals surface area contributed by atoms with E-state index in [1.807, 2.05) is 0 Å². The van der Waals surface area contributed by atoms with Crippen LogP contribution in [-0.4, -0.2) is 37.7 Å². The third-order valence-electron chi connectivity index (χ3n) is 4.48. The summed E-state index contributed by atoms with van der Waals surface area (Å²) in [5.74, 6) is 0.762. The van der Waals surface area contributed by atoms with Crippen LogP contribution in [0.5, 0.6) is 11.5 Å². The van der Waals surface area contributed by atoms with Crippen LogP contribution in [-0.2, 0) is 0 Å². The summed E-state index contributed by atoms with van der Waals surface area (Å²) in [6.07, 6.45) is 1.41. The molecule has 32 heavy (non-hydrogen) atoms. The number of carbonyl (C=O) groups is 3. The maximum absolute atomic E-state index is 12.2. The van der Waals surface area contributed by atoms with Gasteiger partial charge in [-0.05, 0) is 48.5 Å². The molecular weight excluding hydrogens is 416 g/mol. The molecule has 10 nitrogen and oxygen atoms in total. The Kier molecular flexibility index (Phi) is 6.21. The number of furan rings is 1. The zero-order valence-corrected chi connectivity index (χ0v) is 16.8. The van der Waals surface area contributed by atoms with Gasteiger partial charge in [0, 0.05) is 36.1 Å². The lowest BCUT2D eigenvalue weighted by atomic mass is 10.2. The van der Waals surface area contributed by atoms with Crippen LogP contribution in [0.15, 0.2) is 65.3 Å². The highest BCUT2D eigenvalue weighted by molar-refractivity contribution is 6.00. The zero-order chi connectivity index (χ0) is 22.3. The molecule has 0 aliphatic carbocycles. The highest BCUT2D eigenvalue weighted by Crippen LogP contribution is 2.34. The smallest absolute Gasteiger partial charge is 0.323 e. The number of ether oxygens (including phenoxy) is 2. The molecule has 0 saturated heterocycles. The van der Waals surface area contributed by atoms with Gasteiger partial charge in [-0.3, -0.25) is 9.59 Å². The largest absolute Gasteiger partial charge is 0.459 e. The van der Waals surface area contributed by atoms with Crippen LogP contribution in [0.25, 0.3) is 0 Å². The van der Waals surface area contributed by atoms with E-state index < -0.39 is 6.03 Å². The van der Waals surface area contributed by atoms with Crippen LogP contribution in [0.1, 0.15) is 20.9 Å². The summed E-state index contributed by atoms with van der Waals surface area (Å²) in [7, 11) is 0. The minimum atomic E-state index is -0.437. The van der Waals surface area contributed by atoms with Gasteiger partial charge >= 0.3 is 6.03 Å². The van der Waals surface area contributed by atoms with E-state index in [1.165, 1.54) is 6.26 Å². The first-order valence-corrected chi connectivity index (χ1v) is 9.76. The molecule has 164 valence electrons. The molecule has 10 heteroatoms. The number of hydrogen-bond acceptors (Lipinski definition) is 6. The molecule has 4 amide bonds. The Morgan fingerprint density at radius 2 is 1.47 bits per heavy atom. The number of fused-ring (bicyclic) bond motifs is 1. The predicted octanol–water partition coefficient (Wildman–Crippen LogP) is 2.81. The third-order valence-corrected chi connectivity index (χ3v) is 4.48. The van der Waals surface area contributed by atoms with Crippen LogP contribution in [0.2, 0.25) is 0 Å². The molecule has 4 rings (SSSR count). The van der Waals surface area contributed by atoms with Gasteiger partial charge in [0.05, 0.1) is 6.26 Å². The molecule has 2 heterocycles. The van der Waals surface area contributed by atoms with Crippen LogP contribution in [0, 0.1) is 0 Å². The summed E-state index contributed by atoms with van der Waals surface area (Å²) in [6.45, 7) is 0.665. The number of amides is 4. The van der Waals surface area contributed by atoms with E-state index in [0.717, 1.165) is 0 Å². The predicted molar refractivity (Wildman–Crippen MR) is 115 cm³/mol. The van der Waals surface area contributed by atoms with Crippen LogP contribution >= 0.6 is 0 Å². The van der Waals surface area contributed by atoms with Gasteiger partial charge in [0.2, 0.25) is 6.79 Å². The standard InChI is InChI=1S/C22H20N4O6/c27-20(23-9-10-24-21(28)18-2-1-11-30-18)14-3-5-15(6-4-14)25-22(29)26-16-7-8-17-19(12-16)32-13-31-17/h1-8,11-12H,9-10,13H2,(H,23,27)(H,24,28)(H2,25,26,29). The monoisotopic (exact) mass is 436 g/mol. The van der Waals surface area contributed by atoms with Crippen molar-refractivity contribution < 1.29 is 28.3 Å². The number of anilines is 2. The first-order chi connectivity index (χ1) is 15.6. The van der Waals surface area contributed by atoms with Gasteiger partial charge in [0.1, 0.15) is 0 Å². The fourth-order valence-corrected chi connectivity index (χ4v) is 2.92. The van der Waals surface area contributed by atoms with Crippen molar-refractivity contribution in [3.63, 3.8) is 0 Å². The van der Waals surface area contributed by atoms with Crippen molar-refractivity contribution in [2.75, 3.05) is 30.5 Å². The molecule has 4 N–H and O–H groups in total. The Bertz CT molecular complexity index is 1110. The summed E-state index contributed by atoms with van der Waals surface area (Å²) < 4.78 is 15.5. The quantitative estimate of drug-likeness (QED) is 0.421. The second kappa shape index (κ2) is 9.56. The Balaban J connectivity index is 1.21. The highest BCUT2D eigenvalue weighted by atomic mass is 16.7. The molecule has 0 saturated carbocycles. The molecule has 0 spiro atoms. The van der Waals surface area contributed by atoms with E-state index in [4.69, 9.17) is 13.9 Å². The van der Waals surface area contributed by atoms with E-state index in [1.54, 1.807) is 54.6 Å². The van der Waals surface area contributed by atoms with Gasteiger partial charge in [0.15, 0.2) is 17.3 Å². The van der Waals surface area contributed by atoms with Crippen molar-refractivity contribution in [2.45, 2.75) is 0 Å². The molecule has 1 aliphatic heterocycles. The molecule has 3 aromatic rings. The molecule has 1 aliphatic rings.